The van der Waals surface area contributed by atoms with Gasteiger partial charge < -0.3 is 14.7 Å². The first-order chi connectivity index (χ1) is 13.9. The summed E-state index contributed by atoms with van der Waals surface area (Å²) in [4.78, 5) is 32.5. The van der Waals surface area contributed by atoms with Gasteiger partial charge in [-0.2, -0.15) is 0 Å². The summed E-state index contributed by atoms with van der Waals surface area (Å²) in [7, 11) is 3.47. The Hall–Kier alpha value is -2.34. The van der Waals surface area contributed by atoms with Crippen LogP contribution in [-0.2, 0) is 11.2 Å². The van der Waals surface area contributed by atoms with Crippen molar-refractivity contribution in [3.63, 3.8) is 0 Å². The highest BCUT2D eigenvalue weighted by atomic mass is 32.1. The number of unbranched alkanes of at least 4 members (excludes halogenated alkanes) is 1. The molecule has 0 radical (unpaired) electrons. The highest BCUT2D eigenvalue weighted by Crippen LogP contribution is 2.37. The van der Waals surface area contributed by atoms with Gasteiger partial charge in [0.05, 0.1) is 6.04 Å². The maximum Gasteiger partial charge on any atom is 0.319 e. The lowest BCUT2D eigenvalue weighted by Crippen LogP contribution is -2.49. The Kier molecular flexibility index (Phi) is 6.96. The molecule has 1 aliphatic heterocycles. The van der Waals surface area contributed by atoms with Gasteiger partial charge in [0.25, 0.3) is 0 Å². The summed E-state index contributed by atoms with van der Waals surface area (Å²) in [5.74, 6) is 0.0127. The van der Waals surface area contributed by atoms with E-state index in [1.54, 1.807) is 35.2 Å². The maximum absolute atomic E-state index is 13.4. The lowest BCUT2D eigenvalue weighted by atomic mass is 9.92. The quantitative estimate of drug-likeness (QED) is 0.708. The topological polar surface area (TPSA) is 43.9 Å². The average molecular weight is 414 g/mol. The van der Waals surface area contributed by atoms with E-state index in [0.717, 1.165) is 24.8 Å². The number of rotatable bonds is 6. The van der Waals surface area contributed by atoms with Gasteiger partial charge in [0, 0.05) is 32.1 Å². The molecule has 156 valence electrons. The van der Waals surface area contributed by atoms with Gasteiger partial charge in [-0.15, -0.1) is 11.3 Å². The molecule has 1 aromatic heterocycles. The molecule has 0 bridgehead atoms. The van der Waals surface area contributed by atoms with E-state index in [1.165, 1.54) is 16.0 Å². The third-order valence-electron chi connectivity index (χ3n) is 5.44. The zero-order chi connectivity index (χ0) is 21.0. The second kappa shape index (κ2) is 9.44. The van der Waals surface area contributed by atoms with Gasteiger partial charge in [-0.05, 0) is 42.3 Å². The highest BCUT2D eigenvalue weighted by Gasteiger charge is 2.34. The Morgan fingerprint density at radius 2 is 1.90 bits per heavy atom. The van der Waals surface area contributed by atoms with Crippen LogP contribution < -0.4 is 0 Å². The lowest BCUT2D eigenvalue weighted by Gasteiger charge is -2.38. The molecule has 5 nitrogen and oxygen atoms in total. The van der Waals surface area contributed by atoms with Gasteiger partial charge in [-0.1, -0.05) is 43.2 Å². The molecule has 1 unspecified atom stereocenters. The van der Waals surface area contributed by atoms with Gasteiger partial charge >= 0.3 is 6.03 Å². The van der Waals surface area contributed by atoms with Crippen LogP contribution >= 0.6 is 11.3 Å². The minimum Gasteiger partial charge on any atom is -0.331 e. The molecule has 2 aromatic rings. The van der Waals surface area contributed by atoms with E-state index in [9.17, 15) is 9.59 Å². The fourth-order valence-corrected chi connectivity index (χ4v) is 4.73. The molecule has 0 saturated heterocycles. The number of amides is 3. The Morgan fingerprint density at radius 3 is 2.55 bits per heavy atom. The zero-order valence-electron chi connectivity index (χ0n) is 17.9. The second-order valence-electron chi connectivity index (χ2n) is 7.90. The molecule has 0 N–H and O–H groups in total. The summed E-state index contributed by atoms with van der Waals surface area (Å²) < 4.78 is 0. The van der Waals surface area contributed by atoms with Crippen molar-refractivity contribution in [3.05, 3.63) is 57.3 Å². The number of hydrogen-bond acceptors (Lipinski definition) is 3. The van der Waals surface area contributed by atoms with Crippen molar-refractivity contribution in [1.29, 1.82) is 0 Å². The van der Waals surface area contributed by atoms with Crippen molar-refractivity contribution in [1.82, 2.24) is 14.7 Å². The number of benzene rings is 1. The molecule has 6 heteroatoms. The Balaban J connectivity index is 1.87. The third-order valence-corrected chi connectivity index (χ3v) is 6.44. The van der Waals surface area contributed by atoms with Crippen LogP contribution in [0.25, 0.3) is 0 Å². The number of carbonyl (C=O) groups excluding carboxylic acids is 2. The van der Waals surface area contributed by atoms with E-state index < -0.39 is 0 Å². The molecule has 0 saturated carbocycles. The monoisotopic (exact) mass is 413 g/mol. The predicted molar refractivity (Wildman–Crippen MR) is 118 cm³/mol. The van der Waals surface area contributed by atoms with Crippen LogP contribution in [0.1, 0.15) is 47.4 Å². The van der Waals surface area contributed by atoms with Gasteiger partial charge in [-0.25, -0.2) is 4.79 Å². The molecular weight excluding hydrogens is 382 g/mol. The molecule has 1 aliphatic rings. The molecule has 0 aliphatic carbocycles. The van der Waals surface area contributed by atoms with Crippen molar-refractivity contribution in [2.24, 2.45) is 0 Å². The van der Waals surface area contributed by atoms with Crippen molar-refractivity contribution in [2.45, 2.75) is 39.2 Å². The molecule has 3 rings (SSSR count). The van der Waals surface area contributed by atoms with Gasteiger partial charge in [-0.3, -0.25) is 4.79 Å². The van der Waals surface area contributed by atoms with Crippen molar-refractivity contribution in [2.75, 3.05) is 33.7 Å². The summed E-state index contributed by atoms with van der Waals surface area (Å²) in [6, 6.07) is 10.4. The van der Waals surface area contributed by atoms with Gasteiger partial charge in [0.1, 0.15) is 6.54 Å². The van der Waals surface area contributed by atoms with E-state index >= 15 is 0 Å². The summed E-state index contributed by atoms with van der Waals surface area (Å²) >= 11 is 1.77. The van der Waals surface area contributed by atoms with E-state index in [2.05, 4.69) is 49.6 Å². The number of urea groups is 1. The molecule has 3 amide bonds. The SMILES string of the molecule is CCCCN(CC(=O)N1CCc2sccc2C1c1ccc(C)cc1)C(=O)N(C)C. The summed E-state index contributed by atoms with van der Waals surface area (Å²) in [5, 5.41) is 2.11. The number of thiophene rings is 1. The second-order valence-corrected chi connectivity index (χ2v) is 8.90. The lowest BCUT2D eigenvalue weighted by molar-refractivity contribution is -0.134. The van der Waals surface area contributed by atoms with Crippen LogP contribution in [0.4, 0.5) is 4.79 Å². The third kappa shape index (κ3) is 4.81. The number of hydrogen-bond donors (Lipinski definition) is 0. The van der Waals surface area contributed by atoms with Crippen LogP contribution in [0, 0.1) is 6.92 Å². The molecule has 0 fully saturated rings. The minimum absolute atomic E-state index is 0.0127. The molecule has 0 spiro atoms. The summed E-state index contributed by atoms with van der Waals surface area (Å²) in [6.07, 6.45) is 2.75. The van der Waals surface area contributed by atoms with Crippen LogP contribution in [0.3, 0.4) is 0 Å². The highest BCUT2D eigenvalue weighted by molar-refractivity contribution is 7.10. The molecular formula is C23H31N3O2S. The predicted octanol–water partition coefficient (Wildman–Crippen LogP) is 4.31. The normalized spacial score (nSPS) is 15.7. The Labute approximate surface area is 177 Å². The fraction of sp³-hybridized carbons (Fsp3) is 0.478. The van der Waals surface area contributed by atoms with E-state index in [1.807, 2.05) is 4.90 Å². The Morgan fingerprint density at radius 1 is 1.17 bits per heavy atom. The van der Waals surface area contributed by atoms with E-state index in [0.29, 0.717) is 13.1 Å². The molecule has 2 heterocycles. The number of aryl methyl sites for hydroxylation is 1. The maximum atomic E-state index is 13.4. The van der Waals surface area contributed by atoms with Crippen LogP contribution in [0.15, 0.2) is 35.7 Å². The van der Waals surface area contributed by atoms with Crippen LogP contribution in [0.5, 0.6) is 0 Å². The fourth-order valence-electron chi connectivity index (χ4n) is 3.82. The standard InChI is InChI=1S/C23H31N3O2S/c1-5-6-13-25(23(28)24(3)4)16-21(27)26-14-11-20-19(12-15-29-20)22(26)18-9-7-17(2)8-10-18/h7-10,12,15,22H,5-6,11,13-14,16H2,1-4H3. The first kappa shape index (κ1) is 21.4. The first-order valence-electron chi connectivity index (χ1n) is 10.3. The number of fused-ring (bicyclic) bond motifs is 1. The zero-order valence-corrected chi connectivity index (χ0v) is 18.7. The number of carbonyl (C=O) groups is 2. The molecule has 1 atom stereocenters. The molecule has 1 aromatic carbocycles. The summed E-state index contributed by atoms with van der Waals surface area (Å²) in [5.41, 5.74) is 3.55. The minimum atomic E-state index is -0.105. The smallest absolute Gasteiger partial charge is 0.319 e. The van der Waals surface area contributed by atoms with Crippen LogP contribution in [0.2, 0.25) is 0 Å². The average Bonchev–Trinajstić information content (AvgIpc) is 3.19. The van der Waals surface area contributed by atoms with Crippen molar-refractivity contribution < 1.29 is 9.59 Å². The summed E-state index contributed by atoms with van der Waals surface area (Å²) in [6.45, 7) is 5.58. The largest absolute Gasteiger partial charge is 0.331 e. The van der Waals surface area contributed by atoms with E-state index in [4.69, 9.17) is 0 Å². The van der Waals surface area contributed by atoms with Crippen LogP contribution in [-0.4, -0.2) is 60.4 Å². The van der Waals surface area contributed by atoms with Crippen molar-refractivity contribution >= 4 is 23.3 Å². The van der Waals surface area contributed by atoms with Crippen molar-refractivity contribution in [3.8, 4) is 0 Å². The van der Waals surface area contributed by atoms with Gasteiger partial charge in [0.15, 0.2) is 0 Å². The number of nitrogens with zero attached hydrogens (tertiary/aromatic N) is 3. The Bertz CT molecular complexity index is 844. The van der Waals surface area contributed by atoms with Gasteiger partial charge in [0.2, 0.25) is 5.91 Å². The molecule has 29 heavy (non-hydrogen) atoms. The van der Waals surface area contributed by atoms with E-state index in [-0.39, 0.29) is 24.5 Å². The first-order valence-corrected chi connectivity index (χ1v) is 11.2.